The van der Waals surface area contributed by atoms with E-state index < -0.39 is 19.5 Å². The molecular formula is C28H44O5Si. The highest BCUT2D eigenvalue weighted by molar-refractivity contribution is 6.74. The largest absolute Gasteiger partial charge is 0.465 e. The van der Waals surface area contributed by atoms with Gasteiger partial charge in [-0.05, 0) is 56.3 Å². The normalized spacial score (nSPS) is 29.7. The van der Waals surface area contributed by atoms with Crippen molar-refractivity contribution in [3.8, 4) is 0 Å². The molecule has 0 bridgehead atoms. The average molecular weight is 489 g/mol. The average Bonchev–Trinajstić information content (AvgIpc) is 3.42. The van der Waals surface area contributed by atoms with E-state index in [0.717, 1.165) is 32.1 Å². The molecule has 0 aliphatic heterocycles. The molecule has 190 valence electrons. The van der Waals surface area contributed by atoms with Gasteiger partial charge in [0.25, 0.3) is 0 Å². The summed E-state index contributed by atoms with van der Waals surface area (Å²) in [6.45, 7) is 13.4. The lowest BCUT2D eigenvalue weighted by Gasteiger charge is -2.41. The molecule has 0 radical (unpaired) electrons. The molecule has 3 atom stereocenters. The van der Waals surface area contributed by atoms with Gasteiger partial charge in [-0.1, -0.05) is 63.9 Å². The Labute approximate surface area is 207 Å². The number of benzene rings is 1. The summed E-state index contributed by atoms with van der Waals surface area (Å²) < 4.78 is 18.5. The van der Waals surface area contributed by atoms with Gasteiger partial charge in [0.15, 0.2) is 14.1 Å². The first-order chi connectivity index (χ1) is 15.9. The van der Waals surface area contributed by atoms with Crippen molar-refractivity contribution < 1.29 is 23.5 Å². The van der Waals surface area contributed by atoms with Crippen LogP contribution in [-0.4, -0.2) is 39.6 Å². The Balaban J connectivity index is 1.87. The fourth-order valence-corrected chi connectivity index (χ4v) is 6.98. The lowest BCUT2D eigenvalue weighted by Crippen LogP contribution is -2.48. The summed E-state index contributed by atoms with van der Waals surface area (Å²) in [6, 6.07) is 10.5. The van der Waals surface area contributed by atoms with Gasteiger partial charge in [-0.25, -0.2) is 0 Å². The summed E-state index contributed by atoms with van der Waals surface area (Å²) >= 11 is 0. The lowest BCUT2D eigenvalue weighted by atomic mass is 9.69. The SMILES string of the molecule is CCOC(=O)C1(CCCC2(c3ccccc3)CC2(OC)O[Si](C)(C)C(C)(C)C)CCCCC1=O. The Morgan fingerprint density at radius 3 is 2.32 bits per heavy atom. The fraction of sp³-hybridized carbons (Fsp3) is 0.714. The van der Waals surface area contributed by atoms with Crippen molar-refractivity contribution >= 4 is 20.1 Å². The van der Waals surface area contributed by atoms with Gasteiger partial charge in [-0.2, -0.15) is 0 Å². The van der Waals surface area contributed by atoms with Gasteiger partial charge in [0, 0.05) is 20.0 Å². The van der Waals surface area contributed by atoms with E-state index in [2.05, 4.69) is 58.1 Å². The van der Waals surface area contributed by atoms with Crippen molar-refractivity contribution in [1.29, 1.82) is 0 Å². The maximum absolute atomic E-state index is 13.0. The van der Waals surface area contributed by atoms with Crippen molar-refractivity contribution in [3.63, 3.8) is 0 Å². The zero-order valence-electron chi connectivity index (χ0n) is 22.3. The first kappa shape index (κ1) is 27.1. The number of ketones is 1. The van der Waals surface area contributed by atoms with Gasteiger partial charge in [-0.3, -0.25) is 9.59 Å². The van der Waals surface area contributed by atoms with Gasteiger partial charge in [-0.15, -0.1) is 0 Å². The summed E-state index contributed by atoms with van der Waals surface area (Å²) in [7, 11) is -0.347. The van der Waals surface area contributed by atoms with E-state index in [0.29, 0.717) is 25.9 Å². The van der Waals surface area contributed by atoms with Crippen molar-refractivity contribution in [2.75, 3.05) is 13.7 Å². The number of esters is 1. The predicted octanol–water partition coefficient (Wildman–Crippen LogP) is 6.56. The van der Waals surface area contributed by atoms with Crippen LogP contribution in [0.3, 0.4) is 0 Å². The number of methoxy groups -OCH3 is 1. The summed E-state index contributed by atoms with van der Waals surface area (Å²) in [5, 5.41) is 0.0615. The molecule has 34 heavy (non-hydrogen) atoms. The van der Waals surface area contributed by atoms with E-state index in [-0.39, 0.29) is 22.2 Å². The van der Waals surface area contributed by atoms with E-state index in [1.165, 1.54) is 5.56 Å². The molecule has 1 aromatic carbocycles. The van der Waals surface area contributed by atoms with Gasteiger partial charge in [0.05, 0.1) is 12.0 Å². The molecule has 0 heterocycles. The molecule has 0 spiro atoms. The monoisotopic (exact) mass is 488 g/mol. The Morgan fingerprint density at radius 1 is 1.09 bits per heavy atom. The highest BCUT2D eigenvalue weighted by Crippen LogP contribution is 2.65. The van der Waals surface area contributed by atoms with Crippen LogP contribution in [0.2, 0.25) is 18.1 Å². The number of hydrogen-bond acceptors (Lipinski definition) is 5. The molecule has 1 aromatic rings. The van der Waals surface area contributed by atoms with E-state index in [9.17, 15) is 9.59 Å². The van der Waals surface area contributed by atoms with Crippen LogP contribution in [-0.2, 0) is 28.9 Å². The highest BCUT2D eigenvalue weighted by Gasteiger charge is 2.72. The third-order valence-electron chi connectivity index (χ3n) is 8.69. The minimum Gasteiger partial charge on any atom is -0.465 e. The molecule has 2 saturated carbocycles. The smallest absolute Gasteiger partial charge is 0.319 e. The first-order valence-corrected chi connectivity index (χ1v) is 15.8. The van der Waals surface area contributed by atoms with Crippen LogP contribution >= 0.6 is 0 Å². The maximum Gasteiger partial charge on any atom is 0.319 e. The van der Waals surface area contributed by atoms with Crippen LogP contribution in [0.4, 0.5) is 0 Å². The van der Waals surface area contributed by atoms with E-state index in [1.807, 2.05) is 6.07 Å². The van der Waals surface area contributed by atoms with Gasteiger partial charge in [0.2, 0.25) is 0 Å². The lowest BCUT2D eigenvalue weighted by molar-refractivity contribution is -0.163. The number of rotatable bonds is 10. The van der Waals surface area contributed by atoms with E-state index >= 15 is 0 Å². The summed E-state index contributed by atoms with van der Waals surface area (Å²) in [5.74, 6) is -0.956. The number of ether oxygens (including phenoxy) is 2. The molecule has 0 saturated heterocycles. The summed E-state index contributed by atoms with van der Waals surface area (Å²) in [6.07, 6.45) is 5.68. The van der Waals surface area contributed by atoms with Crippen molar-refractivity contribution in [2.45, 2.75) is 108 Å². The predicted molar refractivity (Wildman–Crippen MR) is 137 cm³/mol. The zero-order chi connectivity index (χ0) is 25.3. The third-order valence-corrected chi connectivity index (χ3v) is 13.1. The van der Waals surface area contributed by atoms with E-state index in [1.54, 1.807) is 14.0 Å². The van der Waals surface area contributed by atoms with Crippen LogP contribution in [0.5, 0.6) is 0 Å². The molecule has 0 amide bonds. The van der Waals surface area contributed by atoms with Crippen LogP contribution in [0, 0.1) is 5.41 Å². The molecule has 0 aromatic heterocycles. The van der Waals surface area contributed by atoms with Crippen LogP contribution in [0.1, 0.15) is 84.6 Å². The van der Waals surface area contributed by atoms with Gasteiger partial charge < -0.3 is 13.9 Å². The number of Topliss-reactive ketones (excluding diaryl/α,β-unsaturated/α-hetero) is 1. The minimum absolute atomic E-state index is 0.0530. The second kappa shape index (κ2) is 9.86. The first-order valence-electron chi connectivity index (χ1n) is 12.9. The molecule has 2 fully saturated rings. The van der Waals surface area contributed by atoms with Crippen molar-refractivity contribution in [2.24, 2.45) is 5.41 Å². The Kier molecular flexibility index (Phi) is 7.86. The minimum atomic E-state index is -2.10. The fourth-order valence-electron chi connectivity index (χ4n) is 5.50. The quantitative estimate of drug-likeness (QED) is 0.162. The molecule has 0 N–H and O–H groups in total. The zero-order valence-corrected chi connectivity index (χ0v) is 23.3. The number of carbonyl (C=O) groups excluding carboxylic acids is 2. The number of carbonyl (C=O) groups is 2. The molecule has 6 heteroatoms. The van der Waals surface area contributed by atoms with Gasteiger partial charge >= 0.3 is 5.97 Å². The van der Waals surface area contributed by atoms with Crippen LogP contribution in [0.15, 0.2) is 30.3 Å². The summed E-state index contributed by atoms with van der Waals surface area (Å²) in [4.78, 5) is 26.0. The molecule has 2 aliphatic carbocycles. The number of hydrogen-bond donors (Lipinski definition) is 0. The third kappa shape index (κ3) is 4.78. The Bertz CT molecular complexity index is 877. The standard InChI is InChI=1S/C28H44O5Si/c1-8-32-24(30)26(18-13-12-17-23(26)29)19-14-20-27(22-15-10-9-11-16-22)21-28(27,31-5)33-34(6,7)25(2,3)4/h9-11,15-16H,8,12-14,17-21H2,1-7H3. The molecular weight excluding hydrogens is 444 g/mol. The molecule has 3 rings (SSSR count). The van der Waals surface area contributed by atoms with Crippen LogP contribution in [0.25, 0.3) is 0 Å². The maximum atomic E-state index is 13.0. The second-order valence-corrected chi connectivity index (χ2v) is 16.5. The Hall–Kier alpha value is -1.50. The topological polar surface area (TPSA) is 61.8 Å². The van der Waals surface area contributed by atoms with Gasteiger partial charge in [0.1, 0.15) is 11.2 Å². The van der Waals surface area contributed by atoms with Crippen LogP contribution < -0.4 is 0 Å². The summed E-state index contributed by atoms with van der Waals surface area (Å²) in [5.41, 5.74) is -0.0703. The van der Waals surface area contributed by atoms with E-state index in [4.69, 9.17) is 13.9 Å². The molecule has 2 aliphatic rings. The highest BCUT2D eigenvalue weighted by atomic mass is 28.4. The second-order valence-electron chi connectivity index (χ2n) is 11.7. The van der Waals surface area contributed by atoms with Crippen molar-refractivity contribution in [1.82, 2.24) is 0 Å². The molecule has 3 unspecified atom stereocenters. The van der Waals surface area contributed by atoms with Crippen molar-refractivity contribution in [3.05, 3.63) is 35.9 Å². The molecule has 5 nitrogen and oxygen atoms in total. The Morgan fingerprint density at radius 2 is 1.76 bits per heavy atom.